The summed E-state index contributed by atoms with van der Waals surface area (Å²) in [7, 11) is -3.92. The zero-order valence-corrected chi connectivity index (χ0v) is 9.64. The summed E-state index contributed by atoms with van der Waals surface area (Å²) in [5, 5.41) is 34.6. The Morgan fingerprint density at radius 3 is 2.50 bits per heavy atom. The van der Waals surface area contributed by atoms with Crippen LogP contribution in [0, 0.1) is 22.7 Å². The maximum absolute atomic E-state index is 11.1. The zero-order chi connectivity index (χ0) is 13.8. The van der Waals surface area contributed by atoms with Gasteiger partial charge >= 0.3 is 0 Å². The fourth-order valence-corrected chi connectivity index (χ4v) is 1.51. The molecule has 1 aromatic carbocycles. The first kappa shape index (κ1) is 13.4. The number of hydrazone groups is 1. The van der Waals surface area contributed by atoms with Gasteiger partial charge in [0.05, 0.1) is 10.6 Å². The number of hydrogen-bond donors (Lipinski definition) is 3. The molecule has 0 aliphatic carbocycles. The van der Waals surface area contributed by atoms with Gasteiger partial charge in [-0.15, -0.1) is 0 Å². The van der Waals surface area contributed by atoms with Crippen LogP contribution in [0.2, 0.25) is 0 Å². The molecule has 0 spiro atoms. The second-order valence-electron chi connectivity index (χ2n) is 3.02. The lowest BCUT2D eigenvalue weighted by Crippen LogP contribution is -2.12. The van der Waals surface area contributed by atoms with E-state index < -0.39 is 15.7 Å². The van der Waals surface area contributed by atoms with E-state index in [0.717, 1.165) is 18.2 Å². The topological polar surface area (TPSA) is 152 Å². The summed E-state index contributed by atoms with van der Waals surface area (Å²) >= 11 is 0. The van der Waals surface area contributed by atoms with E-state index in [0.29, 0.717) is 0 Å². The van der Waals surface area contributed by atoms with Crippen LogP contribution in [0.3, 0.4) is 0 Å². The number of benzene rings is 1. The minimum absolute atomic E-state index is 0.0930. The van der Waals surface area contributed by atoms with Gasteiger partial charge in [-0.1, -0.05) is 0 Å². The molecule has 18 heavy (non-hydrogen) atoms. The van der Waals surface area contributed by atoms with E-state index in [9.17, 15) is 13.5 Å². The Morgan fingerprint density at radius 1 is 1.39 bits per heavy atom. The molecule has 1 rings (SSSR count). The van der Waals surface area contributed by atoms with Gasteiger partial charge in [0.25, 0.3) is 0 Å². The van der Waals surface area contributed by atoms with Gasteiger partial charge in [-0.2, -0.15) is 15.6 Å². The highest BCUT2D eigenvalue weighted by molar-refractivity contribution is 7.89. The van der Waals surface area contributed by atoms with Gasteiger partial charge in [0.2, 0.25) is 15.7 Å². The first-order valence-corrected chi connectivity index (χ1v) is 5.93. The van der Waals surface area contributed by atoms with E-state index >= 15 is 0 Å². The van der Waals surface area contributed by atoms with Crippen LogP contribution in [0.25, 0.3) is 0 Å². The minimum Gasteiger partial charge on any atom is -0.506 e. The molecule has 92 valence electrons. The molecule has 0 fully saturated rings. The van der Waals surface area contributed by atoms with Crippen LogP contribution in [0.1, 0.15) is 0 Å². The highest BCUT2D eigenvalue weighted by Crippen LogP contribution is 2.25. The minimum atomic E-state index is -3.92. The molecular formula is C9H7N5O3S. The Balaban J connectivity index is 3.16. The highest BCUT2D eigenvalue weighted by Gasteiger charge is 2.11. The van der Waals surface area contributed by atoms with Crippen LogP contribution < -0.4 is 10.6 Å². The molecule has 0 aliphatic rings. The van der Waals surface area contributed by atoms with Gasteiger partial charge in [0, 0.05) is 0 Å². The summed E-state index contributed by atoms with van der Waals surface area (Å²) in [5.74, 6) is -0.304. The van der Waals surface area contributed by atoms with Crippen molar-refractivity contribution in [2.45, 2.75) is 4.90 Å². The standard InChI is InChI=1S/C9H7N5O3S/c10-4-6(5-11)13-14-8-3-7(18(12,16)17)1-2-9(8)15/h1-3,14-15H,(H2,12,16,17). The lowest BCUT2D eigenvalue weighted by atomic mass is 10.3. The molecule has 0 heterocycles. The van der Waals surface area contributed by atoms with Gasteiger partial charge in [-0.25, -0.2) is 13.6 Å². The Hall–Kier alpha value is -2.62. The molecule has 9 heteroatoms. The van der Waals surface area contributed by atoms with Gasteiger partial charge in [0.15, 0.2) is 0 Å². The van der Waals surface area contributed by atoms with Crippen molar-refractivity contribution in [1.82, 2.24) is 0 Å². The van der Waals surface area contributed by atoms with Crippen LogP contribution >= 0.6 is 0 Å². The van der Waals surface area contributed by atoms with Gasteiger partial charge in [-0.05, 0) is 18.2 Å². The Labute approximate surface area is 103 Å². The normalized spacial score (nSPS) is 9.94. The lowest BCUT2D eigenvalue weighted by molar-refractivity contribution is 0.477. The van der Waals surface area contributed by atoms with Crippen molar-refractivity contribution in [2.24, 2.45) is 10.2 Å². The number of anilines is 1. The van der Waals surface area contributed by atoms with Crippen LogP contribution in [0.5, 0.6) is 5.75 Å². The third-order valence-corrected chi connectivity index (χ3v) is 2.71. The van der Waals surface area contributed by atoms with E-state index in [1.807, 2.05) is 0 Å². The number of nitriles is 2. The maximum Gasteiger partial charge on any atom is 0.238 e. The molecule has 0 aromatic heterocycles. The van der Waals surface area contributed by atoms with E-state index in [-0.39, 0.29) is 16.3 Å². The van der Waals surface area contributed by atoms with Crippen molar-refractivity contribution < 1.29 is 13.5 Å². The molecule has 0 saturated carbocycles. The van der Waals surface area contributed by atoms with E-state index in [4.69, 9.17) is 15.7 Å². The lowest BCUT2D eigenvalue weighted by Gasteiger charge is -2.05. The van der Waals surface area contributed by atoms with Crippen LogP contribution in [0.15, 0.2) is 28.2 Å². The number of sulfonamides is 1. The quantitative estimate of drug-likeness (QED) is 0.392. The third kappa shape index (κ3) is 3.18. The Kier molecular flexibility index (Phi) is 3.84. The van der Waals surface area contributed by atoms with Crippen molar-refractivity contribution in [3.63, 3.8) is 0 Å². The second kappa shape index (κ2) is 5.14. The molecule has 8 nitrogen and oxygen atoms in total. The average Bonchev–Trinajstić information content (AvgIpc) is 2.31. The number of primary sulfonamides is 1. The molecule has 0 radical (unpaired) electrons. The van der Waals surface area contributed by atoms with E-state index in [1.165, 1.54) is 12.1 Å². The number of phenols is 1. The maximum atomic E-state index is 11.1. The smallest absolute Gasteiger partial charge is 0.238 e. The predicted molar refractivity (Wildman–Crippen MR) is 61.8 cm³/mol. The second-order valence-corrected chi connectivity index (χ2v) is 4.58. The van der Waals surface area contributed by atoms with E-state index in [2.05, 4.69) is 10.5 Å². The summed E-state index contributed by atoms with van der Waals surface area (Å²) in [6.45, 7) is 0. The molecule has 4 N–H and O–H groups in total. The molecular weight excluding hydrogens is 258 g/mol. The van der Waals surface area contributed by atoms with Crippen LogP contribution in [-0.4, -0.2) is 19.2 Å². The average molecular weight is 265 g/mol. The number of nitrogens with two attached hydrogens (primary N) is 1. The largest absolute Gasteiger partial charge is 0.506 e. The number of rotatable bonds is 3. The molecule has 0 atom stereocenters. The summed E-state index contributed by atoms with van der Waals surface area (Å²) < 4.78 is 22.1. The number of aromatic hydroxyl groups is 1. The fourth-order valence-electron chi connectivity index (χ4n) is 0.973. The summed E-state index contributed by atoms with van der Waals surface area (Å²) in [6.07, 6.45) is 0. The van der Waals surface area contributed by atoms with Crippen molar-refractivity contribution in [1.29, 1.82) is 10.5 Å². The van der Waals surface area contributed by atoms with Crippen molar-refractivity contribution in [2.75, 3.05) is 5.43 Å². The molecule has 0 unspecified atom stereocenters. The first-order valence-electron chi connectivity index (χ1n) is 4.38. The zero-order valence-electron chi connectivity index (χ0n) is 8.82. The summed E-state index contributed by atoms with van der Waals surface area (Å²) in [4.78, 5) is -0.242. The van der Waals surface area contributed by atoms with Crippen molar-refractivity contribution in [3.05, 3.63) is 18.2 Å². The number of phenolic OH excluding ortho intramolecular Hbond substituents is 1. The van der Waals surface area contributed by atoms with Crippen LogP contribution in [0.4, 0.5) is 5.69 Å². The number of hydrogen-bond acceptors (Lipinski definition) is 7. The number of nitrogens with one attached hydrogen (secondary N) is 1. The molecule has 0 bridgehead atoms. The van der Waals surface area contributed by atoms with Crippen molar-refractivity contribution >= 4 is 21.4 Å². The third-order valence-electron chi connectivity index (χ3n) is 1.80. The first-order chi connectivity index (χ1) is 8.38. The summed E-state index contributed by atoms with van der Waals surface area (Å²) in [5.41, 5.74) is 1.63. The Bertz CT molecular complexity index is 665. The molecule has 0 aliphatic heterocycles. The number of nitrogens with zero attached hydrogens (tertiary/aromatic N) is 3. The monoisotopic (exact) mass is 265 g/mol. The van der Waals surface area contributed by atoms with Gasteiger partial charge < -0.3 is 5.11 Å². The van der Waals surface area contributed by atoms with E-state index in [1.54, 1.807) is 0 Å². The fraction of sp³-hybridized carbons (Fsp3) is 0. The van der Waals surface area contributed by atoms with Gasteiger partial charge in [-0.3, -0.25) is 5.43 Å². The molecule has 1 aromatic rings. The van der Waals surface area contributed by atoms with Gasteiger partial charge in [0.1, 0.15) is 17.9 Å². The Morgan fingerprint density at radius 2 is 2.00 bits per heavy atom. The van der Waals surface area contributed by atoms with Crippen LogP contribution in [-0.2, 0) is 10.0 Å². The molecule has 0 amide bonds. The SMILES string of the molecule is N#CC(C#N)=NNc1cc(S(N)(=O)=O)ccc1O. The summed E-state index contributed by atoms with van der Waals surface area (Å²) in [6, 6.07) is 6.20. The highest BCUT2D eigenvalue weighted by atomic mass is 32.2. The molecule has 0 saturated heterocycles. The predicted octanol–water partition coefficient (Wildman–Crippen LogP) is -0.145. The van der Waals surface area contributed by atoms with Crippen molar-refractivity contribution in [3.8, 4) is 17.9 Å².